The molecule has 172 valence electrons. The van der Waals surface area contributed by atoms with E-state index in [-0.39, 0.29) is 36.2 Å². The van der Waals surface area contributed by atoms with Gasteiger partial charge in [-0.3, -0.25) is 9.36 Å². The number of aryl methyl sites for hydroxylation is 1. The molecule has 0 amide bonds. The van der Waals surface area contributed by atoms with Crippen molar-refractivity contribution in [3.8, 4) is 5.75 Å². The van der Waals surface area contributed by atoms with Crippen LogP contribution >= 0.6 is 7.60 Å². The Balaban J connectivity index is 3.25. The van der Waals surface area contributed by atoms with Crippen LogP contribution < -0.4 is 0 Å². The average Bonchev–Trinajstić information content (AvgIpc) is 2.58. The number of hydrogen-bond donors (Lipinski definition) is 1. The van der Waals surface area contributed by atoms with Crippen LogP contribution in [0.4, 0.5) is 0 Å². The van der Waals surface area contributed by atoms with Crippen LogP contribution in [0.5, 0.6) is 5.75 Å². The topological polar surface area (TPSA) is 72.8 Å². The minimum Gasteiger partial charge on any atom is -0.507 e. The van der Waals surface area contributed by atoms with E-state index in [1.807, 2.05) is 12.1 Å². The maximum atomic E-state index is 13.2. The Bertz CT molecular complexity index is 752. The van der Waals surface area contributed by atoms with Crippen molar-refractivity contribution in [1.82, 2.24) is 0 Å². The van der Waals surface area contributed by atoms with Gasteiger partial charge in [-0.15, -0.1) is 0 Å². The molecule has 0 fully saturated rings. The number of hydrogen-bond acceptors (Lipinski definition) is 5. The molecule has 1 aromatic carbocycles. The van der Waals surface area contributed by atoms with Crippen LogP contribution in [-0.4, -0.2) is 29.3 Å². The van der Waals surface area contributed by atoms with E-state index in [0.29, 0.717) is 12.2 Å². The summed E-state index contributed by atoms with van der Waals surface area (Å²) >= 11 is 0. The Morgan fingerprint density at radius 3 is 1.63 bits per heavy atom. The molecule has 0 unspecified atom stereocenters. The summed E-state index contributed by atoms with van der Waals surface area (Å²) in [4.78, 5) is 13.1. The Hall–Kier alpha value is -1.16. The quantitative estimate of drug-likeness (QED) is 0.442. The minimum absolute atomic E-state index is 0.157. The van der Waals surface area contributed by atoms with Gasteiger partial charge in [0.2, 0.25) is 0 Å². The third kappa shape index (κ3) is 5.96. The fraction of sp³-hybridized carbons (Fsp3) is 0.708. The molecule has 0 saturated heterocycles. The van der Waals surface area contributed by atoms with E-state index in [1.165, 1.54) is 0 Å². The number of carbonyl (C=O) groups excluding carboxylic acids is 1. The van der Waals surface area contributed by atoms with Crippen molar-refractivity contribution in [2.45, 2.75) is 98.1 Å². The molecule has 0 saturated carbocycles. The first kappa shape index (κ1) is 26.9. The normalized spacial score (nSPS) is 13.5. The zero-order valence-electron chi connectivity index (χ0n) is 20.5. The second-order valence-electron chi connectivity index (χ2n) is 10.4. The molecule has 0 aromatic heterocycles. The van der Waals surface area contributed by atoms with E-state index in [1.54, 1.807) is 27.7 Å². The van der Waals surface area contributed by atoms with Gasteiger partial charge in [0.25, 0.3) is 0 Å². The molecule has 0 aliphatic carbocycles. The summed E-state index contributed by atoms with van der Waals surface area (Å²) in [7, 11) is -3.57. The highest BCUT2D eigenvalue weighted by Crippen LogP contribution is 2.60. The van der Waals surface area contributed by atoms with E-state index in [2.05, 4.69) is 41.5 Å². The van der Waals surface area contributed by atoms with Gasteiger partial charge in [0.05, 0.1) is 13.2 Å². The van der Waals surface area contributed by atoms with Gasteiger partial charge in [0.15, 0.2) is 5.78 Å². The largest absolute Gasteiger partial charge is 0.507 e. The number of ketones is 1. The van der Waals surface area contributed by atoms with Gasteiger partial charge in [0.1, 0.15) is 10.9 Å². The average molecular weight is 441 g/mol. The second-order valence-corrected chi connectivity index (χ2v) is 13.0. The summed E-state index contributed by atoms with van der Waals surface area (Å²) in [6.45, 7) is 19.6. The summed E-state index contributed by atoms with van der Waals surface area (Å²) < 4.78 is 24.1. The van der Waals surface area contributed by atoms with E-state index < -0.39 is 12.8 Å². The molecule has 0 aliphatic heterocycles. The maximum absolute atomic E-state index is 13.2. The molecular formula is C24H41O5P. The highest BCUT2D eigenvalue weighted by Gasteiger charge is 2.48. The molecule has 6 heteroatoms. The highest BCUT2D eigenvalue weighted by atomic mass is 31.2. The van der Waals surface area contributed by atoms with E-state index >= 15 is 0 Å². The lowest BCUT2D eigenvalue weighted by Crippen LogP contribution is -2.34. The van der Waals surface area contributed by atoms with Crippen LogP contribution in [0.1, 0.15) is 92.3 Å². The number of Topliss-reactive ketones (excluding diaryl/α,β-unsaturated/α-hetero) is 1. The van der Waals surface area contributed by atoms with Crippen molar-refractivity contribution in [2.75, 3.05) is 13.2 Å². The lowest BCUT2D eigenvalue weighted by Gasteiger charge is -2.31. The Kier molecular flexibility index (Phi) is 8.55. The lowest BCUT2D eigenvalue weighted by atomic mass is 9.78. The van der Waals surface area contributed by atoms with Gasteiger partial charge in [-0.05, 0) is 61.6 Å². The summed E-state index contributed by atoms with van der Waals surface area (Å²) in [6, 6.07) is 3.96. The molecule has 0 bridgehead atoms. The molecule has 1 N–H and O–H groups in total. The predicted molar refractivity (Wildman–Crippen MR) is 124 cm³/mol. The fourth-order valence-corrected chi connectivity index (χ4v) is 5.22. The highest BCUT2D eigenvalue weighted by molar-refractivity contribution is 7.56. The number of carbonyl (C=O) groups is 1. The zero-order valence-corrected chi connectivity index (χ0v) is 21.4. The molecular weight excluding hydrogens is 399 g/mol. The van der Waals surface area contributed by atoms with Crippen LogP contribution in [0.25, 0.3) is 0 Å². The van der Waals surface area contributed by atoms with Gasteiger partial charge >= 0.3 is 7.60 Å². The van der Waals surface area contributed by atoms with Gasteiger partial charge < -0.3 is 14.2 Å². The molecule has 1 aromatic rings. The van der Waals surface area contributed by atoms with Gasteiger partial charge in [-0.25, -0.2) is 0 Å². The van der Waals surface area contributed by atoms with Crippen molar-refractivity contribution in [1.29, 1.82) is 0 Å². The number of benzene rings is 1. The van der Waals surface area contributed by atoms with Crippen molar-refractivity contribution < 1.29 is 23.5 Å². The van der Waals surface area contributed by atoms with Crippen LogP contribution in [0.2, 0.25) is 0 Å². The summed E-state index contributed by atoms with van der Waals surface area (Å²) in [6.07, 6.45) is 0.710. The standard InChI is InChI=1S/C24H41O5P/c1-11-28-30(27,29-12-2)24(9,10)20(25)14-13-17-15-18(22(3,4)5)21(26)19(16-17)23(6,7)8/h15-16,26H,11-14H2,1-10H3. The van der Waals surface area contributed by atoms with Crippen LogP contribution in [0.3, 0.4) is 0 Å². The number of aromatic hydroxyl groups is 1. The summed E-state index contributed by atoms with van der Waals surface area (Å²) in [5, 5.41) is 9.65. The fourth-order valence-electron chi connectivity index (χ4n) is 3.40. The molecule has 0 radical (unpaired) electrons. The Morgan fingerprint density at radius 1 is 0.900 bits per heavy atom. The molecule has 0 atom stereocenters. The van der Waals surface area contributed by atoms with Crippen LogP contribution in [0.15, 0.2) is 12.1 Å². The first-order valence-corrected chi connectivity index (χ1v) is 12.3. The van der Waals surface area contributed by atoms with Crippen molar-refractivity contribution in [2.24, 2.45) is 0 Å². The smallest absolute Gasteiger partial charge is 0.343 e. The maximum Gasteiger partial charge on any atom is 0.343 e. The molecule has 30 heavy (non-hydrogen) atoms. The zero-order chi connectivity index (χ0) is 23.5. The third-order valence-electron chi connectivity index (χ3n) is 5.39. The predicted octanol–water partition coefficient (Wildman–Crippen LogP) is 6.53. The van der Waals surface area contributed by atoms with Gasteiger partial charge in [-0.1, -0.05) is 53.7 Å². The first-order chi connectivity index (χ1) is 13.5. The van der Waals surface area contributed by atoms with Crippen molar-refractivity contribution >= 4 is 13.4 Å². The Morgan fingerprint density at radius 2 is 1.30 bits per heavy atom. The van der Waals surface area contributed by atoms with E-state index in [0.717, 1.165) is 16.7 Å². The second kappa shape index (κ2) is 9.54. The summed E-state index contributed by atoms with van der Waals surface area (Å²) in [5.74, 6) is 0.165. The molecule has 5 nitrogen and oxygen atoms in total. The first-order valence-electron chi connectivity index (χ1n) is 10.8. The Labute approximate surface area is 183 Å². The SMILES string of the molecule is CCOP(=O)(OCC)C(C)(C)C(=O)CCc1cc(C(C)(C)C)c(O)c(C(C)(C)C)c1. The third-order valence-corrected chi connectivity index (χ3v) is 8.21. The van der Waals surface area contributed by atoms with Crippen molar-refractivity contribution in [3.05, 3.63) is 28.8 Å². The molecule has 0 heterocycles. The van der Waals surface area contributed by atoms with E-state index in [9.17, 15) is 14.5 Å². The van der Waals surface area contributed by atoms with Crippen LogP contribution in [0, 0.1) is 0 Å². The number of phenols is 1. The van der Waals surface area contributed by atoms with Crippen molar-refractivity contribution in [3.63, 3.8) is 0 Å². The molecule has 1 rings (SSSR count). The number of rotatable bonds is 9. The van der Waals surface area contributed by atoms with E-state index in [4.69, 9.17) is 9.05 Å². The number of phenolic OH excluding ortho intramolecular Hbond substituents is 1. The lowest BCUT2D eigenvalue weighted by molar-refractivity contribution is -0.121. The summed E-state index contributed by atoms with van der Waals surface area (Å²) in [5.41, 5.74) is 2.25. The van der Waals surface area contributed by atoms with Gasteiger partial charge in [-0.2, -0.15) is 0 Å². The monoisotopic (exact) mass is 440 g/mol. The van der Waals surface area contributed by atoms with Crippen LogP contribution in [-0.2, 0) is 35.7 Å². The van der Waals surface area contributed by atoms with Gasteiger partial charge in [0, 0.05) is 6.42 Å². The minimum atomic E-state index is -3.57. The molecule has 0 spiro atoms. The molecule has 0 aliphatic rings.